The van der Waals surface area contributed by atoms with Crippen LogP contribution in [0.5, 0.6) is 0 Å². The summed E-state index contributed by atoms with van der Waals surface area (Å²) in [6.07, 6.45) is 0. The largest absolute Gasteiger partial charge is 0.305 e. The average Bonchev–Trinajstić information content (AvgIpc) is 3.23. The zero-order valence-electron chi connectivity index (χ0n) is 14.3. The second kappa shape index (κ2) is 6.03. The Morgan fingerprint density at radius 1 is 1.15 bits per heavy atom. The number of fused-ring (bicyclic) bond motifs is 1. The zero-order valence-corrected chi connectivity index (χ0v) is 15.1. The second-order valence-electron chi connectivity index (χ2n) is 5.94. The van der Waals surface area contributed by atoms with Crippen LogP contribution in [0.3, 0.4) is 0 Å². The van der Waals surface area contributed by atoms with Crippen LogP contribution in [0.1, 0.15) is 21.9 Å². The Morgan fingerprint density at radius 2 is 1.92 bits per heavy atom. The van der Waals surface area contributed by atoms with Crippen molar-refractivity contribution in [3.8, 4) is 5.13 Å². The Balaban J connectivity index is 1.72. The molecule has 0 radical (unpaired) electrons. The molecule has 1 N–H and O–H groups in total. The summed E-state index contributed by atoms with van der Waals surface area (Å²) in [5, 5.41) is 12.0. The summed E-state index contributed by atoms with van der Waals surface area (Å²) in [6.45, 7) is 3.65. The van der Waals surface area contributed by atoms with Gasteiger partial charge in [0.25, 0.3) is 5.91 Å². The van der Waals surface area contributed by atoms with Crippen LogP contribution in [0.4, 0.5) is 10.2 Å². The molecule has 0 aliphatic heterocycles. The lowest BCUT2D eigenvalue weighted by atomic mass is 10.3. The fraction of sp³-hybridized carbons (Fsp3) is 0.176. The van der Waals surface area contributed by atoms with Crippen molar-refractivity contribution in [3.63, 3.8) is 0 Å². The SMILES string of the molecule is Cc1cc(C(=O)Nc2cc(C)nn2-c2nc3ccc(F)cc3s2)n(C)n1. The fourth-order valence-corrected chi connectivity index (χ4v) is 3.67. The first-order valence-electron chi connectivity index (χ1n) is 7.86. The second-order valence-corrected chi connectivity index (χ2v) is 6.95. The van der Waals surface area contributed by atoms with Crippen LogP contribution in [0.2, 0.25) is 0 Å². The molecule has 0 aliphatic carbocycles. The predicted molar refractivity (Wildman–Crippen MR) is 97.3 cm³/mol. The molecule has 0 unspecified atom stereocenters. The van der Waals surface area contributed by atoms with Gasteiger partial charge in [0.2, 0.25) is 5.13 Å². The van der Waals surface area contributed by atoms with E-state index in [1.807, 2.05) is 13.8 Å². The summed E-state index contributed by atoms with van der Waals surface area (Å²) >= 11 is 1.30. The topological polar surface area (TPSA) is 77.6 Å². The van der Waals surface area contributed by atoms with Crippen LogP contribution in [0.25, 0.3) is 15.3 Å². The predicted octanol–water partition coefficient (Wildman–Crippen LogP) is 3.22. The van der Waals surface area contributed by atoms with E-state index in [4.69, 9.17) is 0 Å². The maximum Gasteiger partial charge on any atom is 0.275 e. The van der Waals surface area contributed by atoms with Crippen molar-refractivity contribution in [2.24, 2.45) is 7.05 Å². The summed E-state index contributed by atoms with van der Waals surface area (Å²) in [7, 11) is 1.71. The number of anilines is 1. The lowest BCUT2D eigenvalue weighted by molar-refractivity contribution is 0.101. The number of nitrogens with one attached hydrogen (secondary N) is 1. The Bertz CT molecular complexity index is 1140. The van der Waals surface area contributed by atoms with Gasteiger partial charge in [-0.05, 0) is 38.1 Å². The van der Waals surface area contributed by atoms with Gasteiger partial charge in [0.1, 0.15) is 17.3 Å². The zero-order chi connectivity index (χ0) is 18.4. The van der Waals surface area contributed by atoms with Gasteiger partial charge in [0.05, 0.1) is 21.6 Å². The molecule has 0 fully saturated rings. The molecule has 0 bridgehead atoms. The van der Waals surface area contributed by atoms with E-state index in [-0.39, 0.29) is 11.7 Å². The number of hydrogen-bond acceptors (Lipinski definition) is 5. The van der Waals surface area contributed by atoms with Crippen LogP contribution in [-0.4, -0.2) is 30.5 Å². The maximum absolute atomic E-state index is 13.4. The van der Waals surface area contributed by atoms with Gasteiger partial charge < -0.3 is 5.32 Å². The standard InChI is InChI=1S/C17H15FN6OS/c1-9-6-13(23(3)21-9)16(25)20-15-7-10(2)22-24(15)17-19-12-5-4-11(18)8-14(12)26-17/h4-8H,1-3H3,(H,20,25). The number of aryl methyl sites for hydroxylation is 3. The fourth-order valence-electron chi connectivity index (χ4n) is 2.71. The molecule has 3 aromatic heterocycles. The number of nitrogens with zero attached hydrogens (tertiary/aromatic N) is 5. The third kappa shape index (κ3) is 2.86. The van der Waals surface area contributed by atoms with Gasteiger partial charge in [-0.1, -0.05) is 11.3 Å². The van der Waals surface area contributed by atoms with Crippen molar-refractivity contribution in [1.82, 2.24) is 24.5 Å². The molecule has 1 amide bonds. The smallest absolute Gasteiger partial charge is 0.275 e. The van der Waals surface area contributed by atoms with E-state index >= 15 is 0 Å². The lowest BCUT2D eigenvalue weighted by Crippen LogP contribution is -2.18. The Labute approximate surface area is 152 Å². The number of hydrogen-bond donors (Lipinski definition) is 1. The van der Waals surface area contributed by atoms with E-state index in [2.05, 4.69) is 20.5 Å². The highest BCUT2D eigenvalue weighted by atomic mass is 32.1. The van der Waals surface area contributed by atoms with E-state index < -0.39 is 0 Å². The van der Waals surface area contributed by atoms with Gasteiger partial charge in [-0.25, -0.2) is 9.37 Å². The van der Waals surface area contributed by atoms with Gasteiger partial charge >= 0.3 is 0 Å². The quantitative estimate of drug-likeness (QED) is 0.601. The monoisotopic (exact) mass is 370 g/mol. The molecule has 0 saturated carbocycles. The molecule has 26 heavy (non-hydrogen) atoms. The normalized spacial score (nSPS) is 11.2. The third-order valence-electron chi connectivity index (χ3n) is 3.83. The molecule has 7 nitrogen and oxygen atoms in total. The van der Waals surface area contributed by atoms with Crippen molar-refractivity contribution in [1.29, 1.82) is 0 Å². The van der Waals surface area contributed by atoms with Crippen LogP contribution in [-0.2, 0) is 7.05 Å². The minimum absolute atomic E-state index is 0.290. The summed E-state index contributed by atoms with van der Waals surface area (Å²) in [4.78, 5) is 17.1. The van der Waals surface area contributed by atoms with E-state index in [1.54, 1.807) is 29.9 Å². The molecule has 0 atom stereocenters. The minimum Gasteiger partial charge on any atom is -0.305 e. The third-order valence-corrected chi connectivity index (χ3v) is 4.82. The molecule has 0 aliphatic rings. The Hall–Kier alpha value is -3.07. The molecule has 3 heterocycles. The molecule has 132 valence electrons. The highest BCUT2D eigenvalue weighted by Crippen LogP contribution is 2.28. The molecular weight excluding hydrogens is 355 g/mol. The molecule has 4 aromatic rings. The number of carbonyl (C=O) groups is 1. The van der Waals surface area contributed by atoms with Crippen molar-refractivity contribution < 1.29 is 9.18 Å². The number of halogens is 1. The van der Waals surface area contributed by atoms with Crippen LogP contribution >= 0.6 is 11.3 Å². The van der Waals surface area contributed by atoms with Gasteiger partial charge in [-0.15, -0.1) is 0 Å². The number of aromatic nitrogens is 5. The van der Waals surface area contributed by atoms with Crippen molar-refractivity contribution >= 4 is 33.3 Å². The summed E-state index contributed by atoms with van der Waals surface area (Å²) in [6, 6.07) is 7.89. The van der Waals surface area contributed by atoms with Crippen molar-refractivity contribution in [3.05, 3.63) is 53.2 Å². The number of thiazole rings is 1. The summed E-state index contributed by atoms with van der Waals surface area (Å²) in [5.41, 5.74) is 2.61. The van der Waals surface area contributed by atoms with Gasteiger partial charge in [-0.3, -0.25) is 9.48 Å². The van der Waals surface area contributed by atoms with Crippen LogP contribution in [0.15, 0.2) is 30.3 Å². The Kier molecular flexibility index (Phi) is 3.80. The van der Waals surface area contributed by atoms with Crippen LogP contribution < -0.4 is 5.32 Å². The average molecular weight is 370 g/mol. The first-order valence-corrected chi connectivity index (χ1v) is 8.67. The highest BCUT2D eigenvalue weighted by Gasteiger charge is 2.17. The maximum atomic E-state index is 13.4. The molecular formula is C17H15FN6OS. The van der Waals surface area contributed by atoms with Crippen molar-refractivity contribution in [2.75, 3.05) is 5.32 Å². The molecule has 9 heteroatoms. The van der Waals surface area contributed by atoms with Gasteiger partial charge in [0.15, 0.2) is 0 Å². The number of benzene rings is 1. The summed E-state index contributed by atoms with van der Waals surface area (Å²) in [5.74, 6) is -0.114. The lowest BCUT2D eigenvalue weighted by Gasteiger charge is -2.06. The van der Waals surface area contributed by atoms with Gasteiger partial charge in [-0.2, -0.15) is 14.9 Å². The molecule has 1 aromatic carbocycles. The summed E-state index contributed by atoms with van der Waals surface area (Å²) < 4.78 is 17.2. The molecule has 0 spiro atoms. The Morgan fingerprint density at radius 3 is 2.65 bits per heavy atom. The number of rotatable bonds is 3. The minimum atomic E-state index is -0.315. The van der Waals surface area contributed by atoms with E-state index in [0.29, 0.717) is 26.9 Å². The van der Waals surface area contributed by atoms with E-state index in [1.165, 1.54) is 28.2 Å². The number of carbonyl (C=O) groups excluding carboxylic acids is 1. The first-order chi connectivity index (χ1) is 12.4. The van der Waals surface area contributed by atoms with E-state index in [9.17, 15) is 9.18 Å². The molecule has 4 rings (SSSR count). The first kappa shape index (κ1) is 16.4. The van der Waals surface area contributed by atoms with Crippen molar-refractivity contribution in [2.45, 2.75) is 13.8 Å². The van der Waals surface area contributed by atoms with Crippen LogP contribution in [0, 0.1) is 19.7 Å². The van der Waals surface area contributed by atoms with Gasteiger partial charge in [0, 0.05) is 13.1 Å². The van der Waals surface area contributed by atoms with E-state index in [0.717, 1.165) is 11.4 Å². The molecule has 0 saturated heterocycles. The number of amides is 1. The highest BCUT2D eigenvalue weighted by molar-refractivity contribution is 7.20.